The summed E-state index contributed by atoms with van der Waals surface area (Å²) < 4.78 is 0.920. The Morgan fingerprint density at radius 2 is 2.26 bits per heavy atom. The molecular weight excluding hydrogens is 306 g/mol. The van der Waals surface area contributed by atoms with Crippen LogP contribution in [0.5, 0.6) is 0 Å². The molecule has 0 unspecified atom stereocenters. The molecule has 1 fully saturated rings. The summed E-state index contributed by atoms with van der Waals surface area (Å²) in [6.45, 7) is 0.405. The number of carbonyl (C=O) groups is 1. The van der Waals surface area contributed by atoms with Gasteiger partial charge in [0.1, 0.15) is 0 Å². The van der Waals surface area contributed by atoms with Gasteiger partial charge in [0.05, 0.1) is 16.6 Å². The molecule has 1 saturated carbocycles. The number of nitrogens with one attached hydrogen (secondary N) is 1. The normalized spacial score (nSPS) is 16.3. The van der Waals surface area contributed by atoms with Crippen LogP contribution in [0, 0.1) is 5.41 Å². The van der Waals surface area contributed by atoms with Crippen molar-refractivity contribution in [2.45, 2.75) is 12.8 Å². The largest absolute Gasteiger partial charge is 0.329 e. The maximum absolute atomic E-state index is 12.2. The van der Waals surface area contributed by atoms with Gasteiger partial charge in [-0.1, -0.05) is 12.1 Å². The Bertz CT molecular complexity index is 652. The lowest BCUT2D eigenvalue weighted by Crippen LogP contribution is -2.30. The summed E-state index contributed by atoms with van der Waals surface area (Å²) >= 11 is 3.39. The number of nitrogens with two attached hydrogens (primary N) is 1. The molecule has 1 aromatic carbocycles. The fourth-order valence-corrected chi connectivity index (χ4v) is 2.51. The molecule has 2 aromatic rings. The monoisotopic (exact) mass is 319 g/mol. The number of amides is 1. The van der Waals surface area contributed by atoms with E-state index < -0.39 is 0 Å². The first-order valence-electron chi connectivity index (χ1n) is 6.20. The number of anilines is 1. The lowest BCUT2D eigenvalue weighted by molar-refractivity contribution is -0.120. The van der Waals surface area contributed by atoms with E-state index in [0.29, 0.717) is 6.54 Å². The molecule has 0 saturated heterocycles. The molecule has 0 atom stereocenters. The van der Waals surface area contributed by atoms with Crippen molar-refractivity contribution in [2.75, 3.05) is 11.9 Å². The van der Waals surface area contributed by atoms with Crippen molar-refractivity contribution in [1.29, 1.82) is 0 Å². The van der Waals surface area contributed by atoms with E-state index in [1.807, 2.05) is 24.3 Å². The average molecular weight is 320 g/mol. The number of pyridine rings is 1. The van der Waals surface area contributed by atoms with E-state index in [1.54, 1.807) is 6.20 Å². The van der Waals surface area contributed by atoms with Crippen molar-refractivity contribution < 1.29 is 4.79 Å². The van der Waals surface area contributed by atoms with Crippen molar-refractivity contribution in [3.8, 4) is 0 Å². The molecule has 4 nitrogen and oxygen atoms in total. The lowest BCUT2D eigenvalue weighted by Gasteiger charge is -2.14. The minimum atomic E-state index is -0.350. The summed E-state index contributed by atoms with van der Waals surface area (Å²) in [6, 6.07) is 7.73. The van der Waals surface area contributed by atoms with Crippen LogP contribution in [0.15, 0.2) is 34.9 Å². The third kappa shape index (κ3) is 2.24. The van der Waals surface area contributed by atoms with Crippen LogP contribution in [-0.2, 0) is 4.79 Å². The summed E-state index contributed by atoms with van der Waals surface area (Å²) in [5.41, 5.74) is 6.87. The zero-order chi connectivity index (χ0) is 13.5. The van der Waals surface area contributed by atoms with Gasteiger partial charge in [0.15, 0.2) is 0 Å². The molecule has 1 amide bonds. The standard InChI is InChI=1S/C14H14BrN3O/c15-10-6-9-2-1-3-11(12(9)17-7-10)18-13(19)14(8-16)4-5-14/h1-3,6-7H,4-5,8,16H2,(H,18,19). The highest BCUT2D eigenvalue weighted by Crippen LogP contribution is 2.45. The molecule has 1 aliphatic carbocycles. The number of rotatable bonds is 3. The highest BCUT2D eigenvalue weighted by atomic mass is 79.9. The summed E-state index contributed by atoms with van der Waals surface area (Å²) in [5.74, 6) is 0.00668. The number of halogens is 1. The number of nitrogens with zero attached hydrogens (tertiary/aromatic N) is 1. The third-order valence-electron chi connectivity index (χ3n) is 3.65. The summed E-state index contributed by atoms with van der Waals surface area (Å²) in [5, 5.41) is 3.95. The van der Waals surface area contributed by atoms with Crippen LogP contribution >= 0.6 is 15.9 Å². The number of aromatic nitrogens is 1. The van der Waals surface area contributed by atoms with Gasteiger partial charge in [0.2, 0.25) is 5.91 Å². The third-order valence-corrected chi connectivity index (χ3v) is 4.09. The zero-order valence-corrected chi connectivity index (χ0v) is 11.9. The second-order valence-corrected chi connectivity index (χ2v) is 5.89. The number of para-hydroxylation sites is 1. The second-order valence-electron chi connectivity index (χ2n) is 4.97. The number of fused-ring (bicyclic) bond motifs is 1. The summed E-state index contributed by atoms with van der Waals surface area (Å²) in [7, 11) is 0. The predicted octanol–water partition coefficient (Wildman–Crippen LogP) is 2.67. The topological polar surface area (TPSA) is 68.0 Å². The maximum Gasteiger partial charge on any atom is 0.231 e. The van der Waals surface area contributed by atoms with Gasteiger partial charge in [-0.15, -0.1) is 0 Å². The second kappa shape index (κ2) is 4.58. The van der Waals surface area contributed by atoms with E-state index in [9.17, 15) is 4.79 Å². The first kappa shape index (κ1) is 12.6. The van der Waals surface area contributed by atoms with Gasteiger partial charge in [-0.2, -0.15) is 0 Å². The molecule has 0 aliphatic heterocycles. The smallest absolute Gasteiger partial charge is 0.231 e. The van der Waals surface area contributed by atoms with Crippen LogP contribution in [0.3, 0.4) is 0 Å². The van der Waals surface area contributed by atoms with Gasteiger partial charge < -0.3 is 11.1 Å². The average Bonchev–Trinajstić information content (AvgIpc) is 3.19. The Morgan fingerprint density at radius 3 is 2.95 bits per heavy atom. The van der Waals surface area contributed by atoms with Crippen molar-refractivity contribution in [2.24, 2.45) is 11.1 Å². The highest BCUT2D eigenvalue weighted by molar-refractivity contribution is 9.10. The van der Waals surface area contributed by atoms with E-state index >= 15 is 0 Å². The van der Waals surface area contributed by atoms with Gasteiger partial charge in [0, 0.05) is 22.6 Å². The van der Waals surface area contributed by atoms with E-state index in [4.69, 9.17) is 5.73 Å². The highest BCUT2D eigenvalue weighted by Gasteiger charge is 2.48. The fourth-order valence-electron chi connectivity index (χ4n) is 2.16. The summed E-state index contributed by atoms with van der Waals surface area (Å²) in [6.07, 6.45) is 3.48. The van der Waals surface area contributed by atoms with Gasteiger partial charge >= 0.3 is 0 Å². The molecular formula is C14H14BrN3O. The first-order chi connectivity index (χ1) is 9.14. The zero-order valence-electron chi connectivity index (χ0n) is 10.3. The van der Waals surface area contributed by atoms with E-state index in [-0.39, 0.29) is 11.3 Å². The number of hydrogen-bond acceptors (Lipinski definition) is 3. The minimum absolute atomic E-state index is 0.00668. The number of benzene rings is 1. The van der Waals surface area contributed by atoms with Crippen molar-refractivity contribution >= 4 is 38.4 Å². The van der Waals surface area contributed by atoms with Crippen molar-refractivity contribution in [3.63, 3.8) is 0 Å². The Hall–Kier alpha value is -1.46. The maximum atomic E-state index is 12.2. The summed E-state index contributed by atoms with van der Waals surface area (Å²) in [4.78, 5) is 16.6. The number of carbonyl (C=O) groups excluding carboxylic acids is 1. The van der Waals surface area contributed by atoms with E-state index in [1.165, 1.54) is 0 Å². The van der Waals surface area contributed by atoms with Gasteiger partial charge in [0.25, 0.3) is 0 Å². The molecule has 3 rings (SSSR count). The predicted molar refractivity (Wildman–Crippen MR) is 78.8 cm³/mol. The minimum Gasteiger partial charge on any atom is -0.329 e. The first-order valence-corrected chi connectivity index (χ1v) is 7.00. The fraction of sp³-hybridized carbons (Fsp3) is 0.286. The van der Waals surface area contributed by atoms with Gasteiger partial charge in [-0.05, 0) is 40.9 Å². The van der Waals surface area contributed by atoms with Crippen molar-refractivity contribution in [3.05, 3.63) is 34.9 Å². The van der Waals surface area contributed by atoms with Crippen molar-refractivity contribution in [1.82, 2.24) is 4.98 Å². The van der Waals surface area contributed by atoms with Crippen LogP contribution in [0.2, 0.25) is 0 Å². The Kier molecular flexibility index (Phi) is 3.03. The lowest BCUT2D eigenvalue weighted by atomic mass is 10.1. The molecule has 1 aromatic heterocycles. The van der Waals surface area contributed by atoms with E-state index in [0.717, 1.165) is 33.9 Å². The molecule has 1 heterocycles. The molecule has 0 radical (unpaired) electrons. The van der Waals surface area contributed by atoms with Crippen LogP contribution in [0.4, 0.5) is 5.69 Å². The molecule has 19 heavy (non-hydrogen) atoms. The molecule has 0 spiro atoms. The number of hydrogen-bond donors (Lipinski definition) is 2. The quantitative estimate of drug-likeness (QED) is 0.913. The Balaban J connectivity index is 1.95. The van der Waals surface area contributed by atoms with Gasteiger partial charge in [-0.25, -0.2) is 0 Å². The van der Waals surface area contributed by atoms with Crippen LogP contribution < -0.4 is 11.1 Å². The van der Waals surface area contributed by atoms with Crippen LogP contribution in [0.1, 0.15) is 12.8 Å². The molecule has 98 valence electrons. The van der Waals surface area contributed by atoms with Gasteiger partial charge in [-0.3, -0.25) is 9.78 Å². The SMILES string of the molecule is NCC1(C(=O)Nc2cccc3cc(Br)cnc23)CC1. The Morgan fingerprint density at radius 1 is 1.47 bits per heavy atom. The van der Waals surface area contributed by atoms with E-state index in [2.05, 4.69) is 26.2 Å². The molecule has 3 N–H and O–H groups in total. The molecule has 5 heteroatoms. The van der Waals surface area contributed by atoms with Crippen LogP contribution in [-0.4, -0.2) is 17.4 Å². The van der Waals surface area contributed by atoms with Crippen LogP contribution in [0.25, 0.3) is 10.9 Å². The Labute approximate surface area is 119 Å². The molecule has 1 aliphatic rings. The molecule has 0 bridgehead atoms.